The van der Waals surface area contributed by atoms with E-state index in [9.17, 15) is 4.79 Å². The molecule has 4 rings (SSSR count). The topological polar surface area (TPSA) is 66.3 Å². The number of anilines is 1. The number of likely N-dealkylation sites (tertiary alicyclic amines) is 1. The average Bonchev–Trinajstić information content (AvgIpc) is 3.30. The summed E-state index contributed by atoms with van der Waals surface area (Å²) in [5.74, 6) is 0.503. The van der Waals surface area contributed by atoms with Crippen LogP contribution in [0.15, 0.2) is 18.6 Å². The molecule has 0 bridgehead atoms. The Kier molecular flexibility index (Phi) is 5.33. The molecule has 2 aliphatic rings. The smallest absolute Gasteiger partial charge is 0.317 e. The number of rotatable bonds is 3. The lowest BCUT2D eigenvalue weighted by molar-refractivity contribution is 0.176. The van der Waals surface area contributed by atoms with E-state index in [4.69, 9.17) is 0 Å². The zero-order chi connectivity index (χ0) is 18.8. The number of hydrogen-bond acceptors (Lipinski definition) is 5. The van der Waals surface area contributed by atoms with Gasteiger partial charge in [0.15, 0.2) is 0 Å². The minimum Gasteiger partial charge on any atom is -0.367 e. The van der Waals surface area contributed by atoms with Crippen molar-refractivity contribution < 1.29 is 4.79 Å². The van der Waals surface area contributed by atoms with Crippen molar-refractivity contribution in [3.63, 3.8) is 0 Å². The lowest BCUT2D eigenvalue weighted by Gasteiger charge is -2.36. The van der Waals surface area contributed by atoms with E-state index < -0.39 is 0 Å². The standard InChI is InChI=1S/C19H28N6OS/c1-14-10-20-18(27-14)15-5-8-24(9-6-15)19(26)22-16-4-3-7-25(12-16)17-11-21-23(2)13-17/h10-11,13,15-16H,3-9,12H2,1-2H3,(H,22,26). The van der Waals surface area contributed by atoms with Gasteiger partial charge in [-0.2, -0.15) is 5.10 Å². The van der Waals surface area contributed by atoms with E-state index in [0.29, 0.717) is 5.92 Å². The maximum Gasteiger partial charge on any atom is 0.317 e. The minimum atomic E-state index is 0.0850. The van der Waals surface area contributed by atoms with Crippen LogP contribution in [0.2, 0.25) is 0 Å². The second-order valence-corrected chi connectivity index (χ2v) is 8.94. The molecule has 8 heteroatoms. The summed E-state index contributed by atoms with van der Waals surface area (Å²) in [6, 6.07) is 0.285. The molecule has 27 heavy (non-hydrogen) atoms. The van der Waals surface area contributed by atoms with Crippen LogP contribution in [0.3, 0.4) is 0 Å². The highest BCUT2D eigenvalue weighted by Gasteiger charge is 2.28. The van der Waals surface area contributed by atoms with Crippen LogP contribution >= 0.6 is 11.3 Å². The third kappa shape index (κ3) is 4.26. The number of carbonyl (C=O) groups is 1. The van der Waals surface area contributed by atoms with E-state index in [1.165, 1.54) is 9.88 Å². The van der Waals surface area contributed by atoms with Gasteiger partial charge in [-0.05, 0) is 32.6 Å². The summed E-state index contributed by atoms with van der Waals surface area (Å²) in [5.41, 5.74) is 1.14. The molecule has 2 aromatic heterocycles. The summed E-state index contributed by atoms with van der Waals surface area (Å²) < 4.78 is 1.83. The number of aromatic nitrogens is 3. The largest absolute Gasteiger partial charge is 0.367 e. The van der Waals surface area contributed by atoms with Crippen molar-refractivity contribution in [2.24, 2.45) is 7.05 Å². The van der Waals surface area contributed by atoms with Gasteiger partial charge in [0.1, 0.15) is 0 Å². The van der Waals surface area contributed by atoms with E-state index >= 15 is 0 Å². The fraction of sp³-hybridized carbons (Fsp3) is 0.632. The predicted molar refractivity (Wildman–Crippen MR) is 107 cm³/mol. The zero-order valence-electron chi connectivity index (χ0n) is 16.1. The average molecular weight is 389 g/mol. The van der Waals surface area contributed by atoms with Crippen molar-refractivity contribution in [1.29, 1.82) is 0 Å². The molecule has 7 nitrogen and oxygen atoms in total. The first-order valence-corrected chi connectivity index (χ1v) is 10.6. The summed E-state index contributed by atoms with van der Waals surface area (Å²) in [6.07, 6.45) is 10.0. The van der Waals surface area contributed by atoms with E-state index in [0.717, 1.165) is 57.5 Å². The number of nitrogens with one attached hydrogen (secondary N) is 1. The second-order valence-electron chi connectivity index (χ2n) is 7.68. The van der Waals surface area contributed by atoms with E-state index in [1.807, 2.05) is 35.2 Å². The maximum atomic E-state index is 12.7. The molecule has 1 unspecified atom stereocenters. The van der Waals surface area contributed by atoms with Gasteiger partial charge >= 0.3 is 6.03 Å². The lowest BCUT2D eigenvalue weighted by Crippen LogP contribution is -2.52. The monoisotopic (exact) mass is 388 g/mol. The van der Waals surface area contributed by atoms with Crippen LogP contribution in [0, 0.1) is 6.92 Å². The van der Waals surface area contributed by atoms with Crippen molar-refractivity contribution in [2.75, 3.05) is 31.1 Å². The number of piperidine rings is 2. The van der Waals surface area contributed by atoms with Crippen LogP contribution in [0.25, 0.3) is 0 Å². The zero-order valence-corrected chi connectivity index (χ0v) is 16.9. The number of carbonyl (C=O) groups excluding carboxylic acids is 1. The lowest BCUT2D eigenvalue weighted by atomic mass is 9.98. The summed E-state index contributed by atoms with van der Waals surface area (Å²) in [6.45, 7) is 5.61. The second kappa shape index (κ2) is 7.88. The summed E-state index contributed by atoms with van der Waals surface area (Å²) in [4.78, 5) is 22.8. The summed E-state index contributed by atoms with van der Waals surface area (Å²) in [5, 5.41) is 8.75. The molecule has 2 aliphatic heterocycles. The van der Waals surface area contributed by atoms with E-state index in [2.05, 4.69) is 27.2 Å². The predicted octanol–water partition coefficient (Wildman–Crippen LogP) is 2.74. The number of urea groups is 1. The number of nitrogens with zero attached hydrogens (tertiary/aromatic N) is 5. The number of aryl methyl sites for hydroxylation is 2. The van der Waals surface area contributed by atoms with Crippen molar-refractivity contribution in [1.82, 2.24) is 25.0 Å². The first-order valence-electron chi connectivity index (χ1n) is 9.80. The molecular weight excluding hydrogens is 360 g/mol. The van der Waals surface area contributed by atoms with Gasteiger partial charge in [-0.25, -0.2) is 9.78 Å². The van der Waals surface area contributed by atoms with Gasteiger partial charge in [0, 0.05) is 62.5 Å². The van der Waals surface area contributed by atoms with Crippen molar-refractivity contribution in [3.05, 3.63) is 28.5 Å². The maximum absolute atomic E-state index is 12.7. The summed E-state index contributed by atoms with van der Waals surface area (Å²) in [7, 11) is 1.93. The molecule has 1 atom stereocenters. The van der Waals surface area contributed by atoms with Crippen molar-refractivity contribution in [2.45, 2.75) is 44.6 Å². The Bertz CT molecular complexity index is 779. The fourth-order valence-corrected chi connectivity index (χ4v) is 5.00. The first kappa shape index (κ1) is 18.3. The number of thiazole rings is 1. The van der Waals surface area contributed by atoms with Crippen LogP contribution in [0.5, 0.6) is 0 Å². The van der Waals surface area contributed by atoms with Crippen molar-refractivity contribution in [3.8, 4) is 0 Å². The third-order valence-corrected chi connectivity index (χ3v) is 6.65. The Balaban J connectivity index is 1.28. The van der Waals surface area contributed by atoms with Crippen LogP contribution in [-0.2, 0) is 7.05 Å². The SMILES string of the molecule is Cc1cnc(C2CCN(C(=O)NC3CCCN(c4cnn(C)c4)C3)CC2)s1. The Morgan fingerprint density at radius 2 is 2.04 bits per heavy atom. The molecule has 0 aromatic carbocycles. The van der Waals surface area contributed by atoms with Gasteiger partial charge in [-0.1, -0.05) is 0 Å². The Morgan fingerprint density at radius 3 is 2.70 bits per heavy atom. The van der Waals surface area contributed by atoms with Gasteiger partial charge in [0.25, 0.3) is 0 Å². The fourth-order valence-electron chi connectivity index (χ4n) is 4.06. The van der Waals surface area contributed by atoms with E-state index in [1.54, 1.807) is 11.3 Å². The van der Waals surface area contributed by atoms with Gasteiger partial charge in [-0.15, -0.1) is 11.3 Å². The summed E-state index contributed by atoms with van der Waals surface area (Å²) >= 11 is 1.79. The molecule has 0 radical (unpaired) electrons. The van der Waals surface area contributed by atoms with Gasteiger partial charge < -0.3 is 15.1 Å². The van der Waals surface area contributed by atoms with Crippen LogP contribution in [-0.4, -0.2) is 57.9 Å². The van der Waals surface area contributed by atoms with Crippen LogP contribution in [0.4, 0.5) is 10.5 Å². The highest BCUT2D eigenvalue weighted by molar-refractivity contribution is 7.11. The third-order valence-electron chi connectivity index (χ3n) is 5.58. The van der Waals surface area contributed by atoms with E-state index in [-0.39, 0.29) is 12.1 Å². The normalized spacial score (nSPS) is 21.5. The molecule has 0 aliphatic carbocycles. The van der Waals surface area contributed by atoms with Crippen molar-refractivity contribution >= 4 is 23.1 Å². The van der Waals surface area contributed by atoms with Crippen LogP contribution in [0.1, 0.15) is 41.5 Å². The highest BCUT2D eigenvalue weighted by Crippen LogP contribution is 2.30. The van der Waals surface area contributed by atoms with Crippen LogP contribution < -0.4 is 10.2 Å². The van der Waals surface area contributed by atoms with Gasteiger partial charge in [-0.3, -0.25) is 4.68 Å². The van der Waals surface area contributed by atoms with Gasteiger partial charge in [0.05, 0.1) is 16.9 Å². The first-order chi connectivity index (χ1) is 13.1. The molecular formula is C19H28N6OS. The highest BCUT2D eigenvalue weighted by atomic mass is 32.1. The Morgan fingerprint density at radius 1 is 1.22 bits per heavy atom. The molecule has 4 heterocycles. The molecule has 146 valence electrons. The Hall–Kier alpha value is -2.09. The Labute approximate surface area is 164 Å². The molecule has 2 aromatic rings. The van der Waals surface area contributed by atoms with Gasteiger partial charge in [0.2, 0.25) is 0 Å². The minimum absolute atomic E-state index is 0.0850. The quantitative estimate of drug-likeness (QED) is 0.878. The molecule has 2 fully saturated rings. The molecule has 0 spiro atoms. The molecule has 0 saturated carbocycles. The molecule has 2 amide bonds. The molecule has 2 saturated heterocycles. The molecule has 1 N–H and O–H groups in total. The number of amides is 2. The number of hydrogen-bond donors (Lipinski definition) is 1.